The van der Waals surface area contributed by atoms with E-state index in [0.717, 1.165) is 5.56 Å². The fourth-order valence-electron chi connectivity index (χ4n) is 1.87. The van der Waals surface area contributed by atoms with E-state index in [4.69, 9.17) is 4.74 Å². The van der Waals surface area contributed by atoms with Gasteiger partial charge in [0.05, 0.1) is 18.6 Å². The number of benzene rings is 1. The third kappa shape index (κ3) is 2.99. The number of rotatable bonds is 5. The average Bonchev–Trinajstić information content (AvgIpc) is 2.94. The Balaban J connectivity index is 2.22. The average molecular weight is 261 g/mol. The first-order chi connectivity index (χ1) is 9.24. The first-order valence-electron chi connectivity index (χ1n) is 6.04. The Hall–Kier alpha value is -2.17. The van der Waals surface area contributed by atoms with E-state index in [1.165, 1.54) is 6.20 Å². The number of carbonyl (C=O) groups is 1. The number of hydrogen-bond acceptors (Lipinski definition) is 3. The molecule has 0 saturated heterocycles. The molecule has 0 amide bonds. The molecule has 5 heteroatoms. The molecule has 2 rings (SSSR count). The summed E-state index contributed by atoms with van der Waals surface area (Å²) in [7, 11) is 0. The Morgan fingerprint density at radius 1 is 1.42 bits per heavy atom. The number of ether oxygens (including phenoxy) is 1. The maximum Gasteiger partial charge on any atom is 0.356 e. The molecule has 1 aromatic carbocycles. The molecule has 1 aromatic heterocycles. The summed E-state index contributed by atoms with van der Waals surface area (Å²) in [4.78, 5) is 15.7. The second-order valence-corrected chi connectivity index (χ2v) is 4.10. The summed E-state index contributed by atoms with van der Waals surface area (Å²) in [6.07, 6.45) is 3.00. The molecular weight excluding hydrogens is 246 g/mol. The normalized spacial score (nSPS) is 12.1. The van der Waals surface area contributed by atoms with Crippen LogP contribution in [-0.4, -0.2) is 28.8 Å². The molecule has 0 aliphatic carbocycles. The van der Waals surface area contributed by atoms with Gasteiger partial charge in [0.2, 0.25) is 0 Å². The third-order valence-corrected chi connectivity index (χ3v) is 2.88. The van der Waals surface area contributed by atoms with Crippen molar-refractivity contribution in [2.75, 3.05) is 13.3 Å². The van der Waals surface area contributed by atoms with Crippen LogP contribution in [0.2, 0.25) is 0 Å². The third-order valence-electron chi connectivity index (χ3n) is 2.88. The van der Waals surface area contributed by atoms with Crippen LogP contribution in [0, 0.1) is 0 Å². The van der Waals surface area contributed by atoms with Gasteiger partial charge < -0.3 is 9.30 Å². The van der Waals surface area contributed by atoms with Gasteiger partial charge in [0, 0.05) is 0 Å². The smallest absolute Gasteiger partial charge is 0.356 e. The van der Waals surface area contributed by atoms with Crippen molar-refractivity contribution in [3.05, 3.63) is 54.1 Å². The number of esters is 1. The van der Waals surface area contributed by atoms with Crippen molar-refractivity contribution in [1.29, 1.82) is 0 Å². The van der Waals surface area contributed by atoms with Crippen LogP contribution >= 0.6 is 0 Å². The minimum absolute atomic E-state index is 0.0448. The van der Waals surface area contributed by atoms with Crippen molar-refractivity contribution < 1.29 is 13.9 Å². The predicted molar refractivity (Wildman–Crippen MR) is 68.7 cm³/mol. The fourth-order valence-corrected chi connectivity index (χ4v) is 1.87. The van der Waals surface area contributed by atoms with Gasteiger partial charge in [-0.3, -0.25) is 0 Å². The highest BCUT2D eigenvalue weighted by atomic mass is 18.2. The summed E-state index contributed by atoms with van der Waals surface area (Å²) < 4.78 is 18.5. The Kier molecular flexibility index (Phi) is 4.28. The number of imidazole rings is 1. The minimum Gasteiger partial charge on any atom is -0.458 e. The second-order valence-electron chi connectivity index (χ2n) is 4.10. The lowest BCUT2D eigenvalue weighted by molar-refractivity contribution is 0.0467. The molecule has 0 radical (unpaired) electrons. The SMILES string of the molecule is C[C@@H](c1ccccc1)n1cncc1C(=O)OCC[18F]. The number of aromatic nitrogens is 2. The van der Waals surface area contributed by atoms with Crippen molar-refractivity contribution in [2.45, 2.75) is 13.0 Å². The van der Waals surface area contributed by atoms with Crippen molar-refractivity contribution in [3.8, 4) is 0 Å². The van der Waals surface area contributed by atoms with Crippen LogP contribution in [0.5, 0.6) is 0 Å². The largest absolute Gasteiger partial charge is 0.458 e. The first kappa shape index (κ1) is 13.3. The molecule has 2 aromatic rings. The molecule has 0 N–H and O–H groups in total. The van der Waals surface area contributed by atoms with Crippen LogP contribution in [0.25, 0.3) is 0 Å². The zero-order valence-electron chi connectivity index (χ0n) is 10.6. The molecule has 0 spiro atoms. The summed E-state index contributed by atoms with van der Waals surface area (Å²) in [5.41, 5.74) is 1.38. The van der Waals surface area contributed by atoms with Gasteiger partial charge in [-0.15, -0.1) is 0 Å². The lowest BCUT2D eigenvalue weighted by Gasteiger charge is -2.16. The number of hydrogen-bond donors (Lipinski definition) is 0. The maximum absolute atomic E-state index is 12.0. The highest BCUT2D eigenvalue weighted by Crippen LogP contribution is 2.19. The van der Waals surface area contributed by atoms with Crippen LogP contribution in [0.3, 0.4) is 0 Å². The Bertz CT molecular complexity index is 539. The van der Waals surface area contributed by atoms with Gasteiger partial charge in [-0.05, 0) is 12.5 Å². The highest BCUT2D eigenvalue weighted by Gasteiger charge is 2.17. The van der Waals surface area contributed by atoms with Gasteiger partial charge in [-0.1, -0.05) is 30.3 Å². The lowest BCUT2D eigenvalue weighted by Crippen LogP contribution is -2.16. The zero-order chi connectivity index (χ0) is 13.7. The van der Waals surface area contributed by atoms with Crippen molar-refractivity contribution in [2.24, 2.45) is 0 Å². The number of halogens is 1. The Morgan fingerprint density at radius 2 is 2.16 bits per heavy atom. The molecule has 1 heterocycles. The number of carbonyl (C=O) groups excluding carboxylic acids is 1. The van der Waals surface area contributed by atoms with E-state index >= 15 is 0 Å². The molecule has 0 fully saturated rings. The molecule has 1 atom stereocenters. The second kappa shape index (κ2) is 6.13. The molecule has 100 valence electrons. The van der Waals surface area contributed by atoms with E-state index in [-0.39, 0.29) is 12.6 Å². The van der Waals surface area contributed by atoms with E-state index in [1.807, 2.05) is 37.3 Å². The van der Waals surface area contributed by atoms with Gasteiger partial charge in [-0.25, -0.2) is 14.2 Å². The monoisotopic (exact) mass is 261 g/mol. The molecule has 0 saturated carbocycles. The molecular formula is C14H15FN2O2. The molecule has 4 nitrogen and oxygen atoms in total. The van der Waals surface area contributed by atoms with E-state index in [2.05, 4.69) is 4.98 Å². The topological polar surface area (TPSA) is 44.1 Å². The molecule has 0 unspecified atom stereocenters. The van der Waals surface area contributed by atoms with Gasteiger partial charge >= 0.3 is 5.97 Å². The van der Waals surface area contributed by atoms with Crippen LogP contribution in [-0.2, 0) is 4.74 Å². The van der Waals surface area contributed by atoms with Crippen LogP contribution in [0.4, 0.5) is 4.39 Å². The zero-order valence-corrected chi connectivity index (χ0v) is 10.6. The van der Waals surface area contributed by atoms with Crippen LogP contribution in [0.1, 0.15) is 29.0 Å². The fraction of sp³-hybridized carbons (Fsp3) is 0.286. The predicted octanol–water partition coefficient (Wildman–Crippen LogP) is 2.62. The standard InChI is InChI=1S/C14H15FN2O2/c1-11(12-5-3-2-4-6-12)17-10-16-9-13(17)14(18)19-8-7-15/h2-6,9-11H,7-8H2,1H3/t11-/m0/s1/i15-1. The molecule has 19 heavy (non-hydrogen) atoms. The summed E-state index contributed by atoms with van der Waals surface area (Å²) in [6, 6.07) is 9.70. The Labute approximate surface area is 110 Å². The quantitative estimate of drug-likeness (QED) is 0.777. The Morgan fingerprint density at radius 3 is 2.84 bits per heavy atom. The van der Waals surface area contributed by atoms with Crippen LogP contribution < -0.4 is 0 Å². The molecule has 0 aliphatic heterocycles. The summed E-state index contributed by atoms with van der Waals surface area (Å²) in [5.74, 6) is -0.557. The van der Waals surface area contributed by atoms with Gasteiger partial charge in [0.15, 0.2) is 0 Å². The first-order valence-corrected chi connectivity index (χ1v) is 6.04. The number of alkyl halides is 1. The summed E-state index contributed by atoms with van der Waals surface area (Å²) in [6.45, 7) is 1.04. The van der Waals surface area contributed by atoms with Gasteiger partial charge in [0.25, 0.3) is 0 Å². The van der Waals surface area contributed by atoms with Gasteiger partial charge in [0.1, 0.15) is 19.0 Å². The van der Waals surface area contributed by atoms with E-state index < -0.39 is 12.6 Å². The van der Waals surface area contributed by atoms with E-state index in [0.29, 0.717) is 5.69 Å². The number of nitrogens with zero attached hydrogens (tertiary/aromatic N) is 2. The molecule has 0 bridgehead atoms. The molecule has 0 aliphatic rings. The van der Waals surface area contributed by atoms with E-state index in [1.54, 1.807) is 10.9 Å². The highest BCUT2D eigenvalue weighted by molar-refractivity contribution is 5.87. The maximum atomic E-state index is 12.0. The minimum atomic E-state index is -0.686. The summed E-state index contributed by atoms with van der Waals surface area (Å²) >= 11 is 0. The van der Waals surface area contributed by atoms with Crippen LogP contribution in [0.15, 0.2) is 42.9 Å². The van der Waals surface area contributed by atoms with Crippen molar-refractivity contribution >= 4 is 5.97 Å². The van der Waals surface area contributed by atoms with Crippen molar-refractivity contribution in [3.63, 3.8) is 0 Å². The summed E-state index contributed by atoms with van der Waals surface area (Å²) in [5, 5.41) is 0. The lowest BCUT2D eigenvalue weighted by atomic mass is 10.1. The van der Waals surface area contributed by atoms with Crippen molar-refractivity contribution in [1.82, 2.24) is 9.55 Å². The van der Waals surface area contributed by atoms with E-state index in [9.17, 15) is 9.18 Å². The van der Waals surface area contributed by atoms with Gasteiger partial charge in [-0.2, -0.15) is 0 Å².